The van der Waals surface area contributed by atoms with Crippen molar-refractivity contribution in [3.63, 3.8) is 0 Å². The highest BCUT2D eigenvalue weighted by molar-refractivity contribution is 7.89. The van der Waals surface area contributed by atoms with Crippen molar-refractivity contribution in [1.82, 2.24) is 33.4 Å². The molecule has 2 N–H and O–H groups in total. The van der Waals surface area contributed by atoms with Crippen LogP contribution in [0.4, 0.5) is 25.1 Å². The maximum atomic E-state index is 15.0. The third-order valence-electron chi connectivity index (χ3n) is 10.9. The van der Waals surface area contributed by atoms with Crippen molar-refractivity contribution in [3.05, 3.63) is 66.1 Å². The minimum Gasteiger partial charge on any atom is -0.494 e. The lowest BCUT2D eigenvalue weighted by atomic mass is 10.1. The van der Waals surface area contributed by atoms with E-state index in [9.17, 15) is 36.7 Å². The number of rotatable bonds is 9. The van der Waals surface area contributed by atoms with Crippen LogP contribution in [0.25, 0.3) is 16.9 Å². The van der Waals surface area contributed by atoms with Crippen LogP contribution in [-0.4, -0.2) is 135 Å². The normalized spacial score (nSPS) is 20.3. The van der Waals surface area contributed by atoms with Crippen LogP contribution in [0.2, 0.25) is 0 Å². The predicted octanol–water partition coefficient (Wildman–Crippen LogP) is 4.04. The van der Waals surface area contributed by atoms with E-state index in [1.165, 1.54) is 46.9 Å². The smallest absolute Gasteiger partial charge is 0.411 e. The monoisotopic (exact) mass is 838 g/mol. The quantitative estimate of drug-likeness (QED) is 0.249. The second-order valence-corrected chi connectivity index (χ2v) is 17.8. The number of fused-ring (bicyclic) bond motifs is 1. The van der Waals surface area contributed by atoms with Crippen LogP contribution < -0.4 is 10.1 Å². The number of nitrogens with zero attached hydrogens (tertiary/aromatic N) is 7. The summed E-state index contributed by atoms with van der Waals surface area (Å²) in [6.45, 7) is 8.02. The molecule has 16 nitrogen and oxygen atoms in total. The van der Waals surface area contributed by atoms with Gasteiger partial charge < -0.3 is 29.7 Å². The standard InChI is InChI=1S/C40H48F2N8O8S/c1-6-24-19-26(45-35-36-44-21-30(49(36)14-12-43-35)28-8-9-31(57-5)34(42)33(28)41)7-10-32(24)59(55,56)48-17-15-46(16-18-48)37(52)25-11-13-47(22-25)38(53)29-20-27(51)23-50(29)39(54)58-40(2,3)4/h7-10,12,14,19,21,25,27,29,51H,6,11,13,15-18,20,22-23H2,1-5H3,(H,43,45)/t25-,27-,29+/m1/s1. The first kappa shape index (κ1) is 41.7. The number of anilines is 2. The number of piperazine rings is 1. The molecule has 4 aromatic rings. The van der Waals surface area contributed by atoms with Crippen LogP contribution in [0.15, 0.2) is 53.8 Å². The Kier molecular flexibility index (Phi) is 11.6. The Hall–Kier alpha value is -5.40. The van der Waals surface area contributed by atoms with Crippen molar-refractivity contribution in [3.8, 4) is 17.0 Å². The maximum absolute atomic E-state index is 15.0. The van der Waals surface area contributed by atoms with Gasteiger partial charge in [0.25, 0.3) is 0 Å². The van der Waals surface area contributed by atoms with E-state index in [1.807, 2.05) is 6.92 Å². The van der Waals surface area contributed by atoms with E-state index in [0.29, 0.717) is 42.1 Å². The molecule has 3 aliphatic heterocycles. The third kappa shape index (κ3) is 8.27. The molecule has 3 amide bonds. The minimum absolute atomic E-state index is 0.0156. The number of aryl methyl sites for hydroxylation is 1. The second kappa shape index (κ2) is 16.3. The van der Waals surface area contributed by atoms with Gasteiger partial charge >= 0.3 is 6.09 Å². The molecular weight excluding hydrogens is 791 g/mol. The third-order valence-corrected chi connectivity index (χ3v) is 12.9. The summed E-state index contributed by atoms with van der Waals surface area (Å²) in [5.74, 6) is -3.09. The number of sulfonamides is 1. The predicted molar refractivity (Wildman–Crippen MR) is 211 cm³/mol. The molecule has 0 bridgehead atoms. The number of halogens is 2. The lowest BCUT2D eigenvalue weighted by molar-refractivity contribution is -0.138. The van der Waals surface area contributed by atoms with E-state index in [4.69, 9.17) is 9.47 Å². The molecular formula is C40H48F2N8O8S. The van der Waals surface area contributed by atoms with Crippen LogP contribution in [0.3, 0.4) is 0 Å². The van der Waals surface area contributed by atoms with E-state index in [1.54, 1.807) is 53.3 Å². The largest absolute Gasteiger partial charge is 0.494 e. The Balaban J connectivity index is 0.981. The number of nitrogens with one attached hydrogen (secondary N) is 1. The molecule has 3 fully saturated rings. The topological polar surface area (TPSA) is 179 Å². The number of β-amino-alcohol motifs (C(OH)–C–C–N with tert-alkyl or cyclic N) is 1. The number of carbonyl (C=O) groups excluding carboxylic acids is 3. The van der Waals surface area contributed by atoms with Gasteiger partial charge in [0.05, 0.1) is 42.5 Å². The molecule has 3 saturated heterocycles. The number of hydrogen-bond donors (Lipinski definition) is 2. The summed E-state index contributed by atoms with van der Waals surface area (Å²) in [4.78, 5) is 53.4. The first-order valence-electron chi connectivity index (χ1n) is 19.5. The van der Waals surface area contributed by atoms with Gasteiger partial charge in [-0.2, -0.15) is 8.70 Å². The number of ether oxygens (including phenoxy) is 2. The molecule has 3 atom stereocenters. The summed E-state index contributed by atoms with van der Waals surface area (Å²) < 4.78 is 70.8. The summed E-state index contributed by atoms with van der Waals surface area (Å²) in [6, 6.07) is 6.71. The molecule has 0 saturated carbocycles. The highest BCUT2D eigenvalue weighted by atomic mass is 32.2. The Morgan fingerprint density at radius 2 is 1.71 bits per heavy atom. The number of aromatic nitrogens is 3. The molecule has 0 aliphatic carbocycles. The van der Waals surface area contributed by atoms with Gasteiger partial charge in [-0.25, -0.2) is 27.6 Å². The van der Waals surface area contributed by atoms with Gasteiger partial charge in [0.1, 0.15) is 11.6 Å². The van der Waals surface area contributed by atoms with Crippen molar-refractivity contribution in [2.24, 2.45) is 5.92 Å². The van der Waals surface area contributed by atoms with Crippen molar-refractivity contribution in [2.45, 2.75) is 69.6 Å². The number of carbonyl (C=O) groups is 3. The molecule has 7 rings (SSSR count). The van der Waals surface area contributed by atoms with Gasteiger partial charge in [-0.05, 0) is 69.5 Å². The highest BCUT2D eigenvalue weighted by Crippen LogP contribution is 2.33. The average Bonchev–Trinajstić information content (AvgIpc) is 3.97. The molecule has 0 unspecified atom stereocenters. The molecule has 0 spiro atoms. The lowest BCUT2D eigenvalue weighted by Gasteiger charge is -2.35. The molecule has 59 heavy (non-hydrogen) atoms. The fourth-order valence-electron chi connectivity index (χ4n) is 7.90. The first-order chi connectivity index (χ1) is 28.0. The van der Waals surface area contributed by atoms with Crippen molar-refractivity contribution >= 4 is 45.1 Å². The fourth-order valence-corrected chi connectivity index (χ4v) is 9.60. The fraction of sp³-hybridized carbons (Fsp3) is 0.475. The summed E-state index contributed by atoms with van der Waals surface area (Å²) in [7, 11) is -2.70. The lowest BCUT2D eigenvalue weighted by Crippen LogP contribution is -2.52. The maximum Gasteiger partial charge on any atom is 0.411 e. The molecule has 2 aromatic carbocycles. The first-order valence-corrected chi connectivity index (χ1v) is 20.9. The molecule has 0 radical (unpaired) electrons. The van der Waals surface area contributed by atoms with Crippen molar-refractivity contribution < 1.29 is 46.2 Å². The van der Waals surface area contributed by atoms with Gasteiger partial charge in [0.2, 0.25) is 27.7 Å². The Labute approximate surface area is 340 Å². The van der Waals surface area contributed by atoms with Gasteiger partial charge in [0.15, 0.2) is 23.0 Å². The summed E-state index contributed by atoms with van der Waals surface area (Å²) in [6.07, 6.45) is 3.82. The Morgan fingerprint density at radius 3 is 2.41 bits per heavy atom. The van der Waals surface area contributed by atoms with E-state index < -0.39 is 51.4 Å². The van der Waals surface area contributed by atoms with Crippen molar-refractivity contribution in [1.29, 1.82) is 0 Å². The van der Waals surface area contributed by atoms with E-state index in [0.717, 1.165) is 0 Å². The number of aliphatic hydroxyl groups is 1. The zero-order valence-electron chi connectivity index (χ0n) is 33.5. The minimum atomic E-state index is -3.95. The molecule has 2 aromatic heterocycles. The van der Waals surface area contributed by atoms with E-state index in [2.05, 4.69) is 15.3 Å². The van der Waals surface area contributed by atoms with Crippen LogP contribution in [0.5, 0.6) is 5.75 Å². The van der Waals surface area contributed by atoms with Crippen LogP contribution in [0, 0.1) is 17.6 Å². The number of amides is 3. The van der Waals surface area contributed by atoms with Gasteiger partial charge in [-0.1, -0.05) is 6.92 Å². The van der Waals surface area contributed by atoms with E-state index >= 15 is 0 Å². The van der Waals surface area contributed by atoms with Crippen molar-refractivity contribution in [2.75, 3.05) is 58.2 Å². The van der Waals surface area contributed by atoms with Crippen LogP contribution in [0.1, 0.15) is 46.1 Å². The average molecular weight is 839 g/mol. The SMILES string of the molecule is CCc1cc(Nc2nccn3c(-c4ccc(OC)c(F)c4F)cnc23)ccc1S(=O)(=O)N1CCN(C(=O)[C@@H]2CCN(C(=O)[C@@H]3C[C@@H](O)CN3C(=O)OC(C)(C)C)C2)CC1. The molecule has 316 valence electrons. The number of hydrogen-bond acceptors (Lipinski definition) is 11. The molecule has 19 heteroatoms. The second-order valence-electron chi connectivity index (χ2n) is 15.9. The van der Waals surface area contributed by atoms with Crippen LogP contribution in [-0.2, 0) is 30.8 Å². The van der Waals surface area contributed by atoms with Gasteiger partial charge in [-0.3, -0.25) is 18.9 Å². The zero-order chi connectivity index (χ0) is 42.4. The number of benzene rings is 2. The molecule has 5 heterocycles. The zero-order valence-corrected chi connectivity index (χ0v) is 34.3. The number of imidazole rings is 1. The number of methoxy groups -OCH3 is 1. The summed E-state index contributed by atoms with van der Waals surface area (Å²) in [5.41, 5.74) is 0.913. The summed E-state index contributed by atoms with van der Waals surface area (Å²) >= 11 is 0. The summed E-state index contributed by atoms with van der Waals surface area (Å²) in [5, 5.41) is 13.5. The number of likely N-dealkylation sites (tertiary alicyclic amines) is 2. The Morgan fingerprint density at radius 1 is 0.966 bits per heavy atom. The van der Waals surface area contributed by atoms with E-state index in [-0.39, 0.29) is 79.4 Å². The Bertz CT molecular complexity index is 2380. The highest BCUT2D eigenvalue weighted by Gasteiger charge is 2.45. The van der Waals surface area contributed by atoms with Gasteiger partial charge in [-0.15, -0.1) is 0 Å². The van der Waals surface area contributed by atoms with Crippen LogP contribution >= 0.6 is 0 Å². The molecule has 3 aliphatic rings. The number of aliphatic hydroxyl groups excluding tert-OH is 1. The van der Waals surface area contributed by atoms with Gasteiger partial charge in [0, 0.05) is 69.3 Å².